The Labute approximate surface area is 147 Å². The van der Waals surface area contributed by atoms with Crippen molar-refractivity contribution >= 4 is 12.2 Å². The third-order valence-electron chi connectivity index (χ3n) is 4.86. The number of hydrogen-bond donors (Lipinski definition) is 2. The highest BCUT2D eigenvalue weighted by atomic mass is 32.1. The van der Waals surface area contributed by atoms with Crippen LogP contribution in [0.1, 0.15) is 61.8 Å². The number of allylic oxidation sites excluding steroid dienone is 2. The molecule has 1 aliphatic carbocycles. The molecule has 2 aromatic rings. The predicted molar refractivity (Wildman–Crippen MR) is 101 cm³/mol. The zero-order valence-electron chi connectivity index (χ0n) is 14.3. The molecular weight excluding hydrogens is 316 g/mol. The summed E-state index contributed by atoms with van der Waals surface area (Å²) in [7, 11) is 0. The van der Waals surface area contributed by atoms with Crippen molar-refractivity contribution in [1.29, 1.82) is 0 Å². The van der Waals surface area contributed by atoms with Crippen LogP contribution >= 0.6 is 12.2 Å². The molecule has 0 radical (unpaired) electrons. The molecule has 0 saturated carbocycles. The summed E-state index contributed by atoms with van der Waals surface area (Å²) in [4.78, 5) is 17.8. The van der Waals surface area contributed by atoms with E-state index in [2.05, 4.69) is 54.2 Å². The predicted octanol–water partition coefficient (Wildman–Crippen LogP) is 4.99. The SMILES string of the molecule is CC(C)=CCC(c1cc(=O)[nH]c(=S)[nH]1)C1CCCc2ccccc21. The molecule has 126 valence electrons. The van der Waals surface area contributed by atoms with Gasteiger partial charge in [0.25, 0.3) is 5.56 Å². The van der Waals surface area contributed by atoms with Gasteiger partial charge in [-0.3, -0.25) is 9.78 Å². The molecule has 0 saturated heterocycles. The number of nitrogens with one attached hydrogen (secondary N) is 2. The van der Waals surface area contributed by atoms with Crippen molar-refractivity contribution in [2.24, 2.45) is 0 Å². The summed E-state index contributed by atoms with van der Waals surface area (Å²) in [5, 5.41) is 0. The number of H-pyrrole nitrogens is 2. The largest absolute Gasteiger partial charge is 0.336 e. The molecule has 1 aromatic carbocycles. The molecule has 1 aliphatic rings. The van der Waals surface area contributed by atoms with Gasteiger partial charge in [0.1, 0.15) is 0 Å². The van der Waals surface area contributed by atoms with Crippen LogP contribution in [-0.2, 0) is 6.42 Å². The molecule has 0 fully saturated rings. The van der Waals surface area contributed by atoms with Gasteiger partial charge < -0.3 is 4.98 Å². The van der Waals surface area contributed by atoms with E-state index in [1.165, 1.54) is 23.1 Å². The van der Waals surface area contributed by atoms with Crippen LogP contribution in [0.25, 0.3) is 0 Å². The quantitative estimate of drug-likeness (QED) is 0.608. The first-order chi connectivity index (χ1) is 11.5. The van der Waals surface area contributed by atoms with Gasteiger partial charge in [0, 0.05) is 17.7 Å². The molecule has 1 aromatic heterocycles. The maximum absolute atomic E-state index is 11.9. The van der Waals surface area contributed by atoms with Gasteiger partial charge in [0.15, 0.2) is 4.77 Å². The van der Waals surface area contributed by atoms with Crippen LogP contribution in [0.5, 0.6) is 0 Å². The molecular formula is C20H24N2OS. The summed E-state index contributed by atoms with van der Waals surface area (Å²) in [5.41, 5.74) is 4.99. The van der Waals surface area contributed by atoms with Crippen molar-refractivity contribution in [2.75, 3.05) is 0 Å². The summed E-state index contributed by atoms with van der Waals surface area (Å²) in [5.74, 6) is 0.656. The number of aromatic nitrogens is 2. The number of hydrogen-bond acceptors (Lipinski definition) is 2. The normalized spacial score (nSPS) is 17.8. The lowest BCUT2D eigenvalue weighted by atomic mass is 9.73. The minimum atomic E-state index is -0.125. The van der Waals surface area contributed by atoms with Gasteiger partial charge in [0.2, 0.25) is 0 Å². The third kappa shape index (κ3) is 3.75. The monoisotopic (exact) mass is 340 g/mol. The fourth-order valence-electron chi connectivity index (χ4n) is 3.77. The van der Waals surface area contributed by atoms with Crippen molar-refractivity contribution in [3.8, 4) is 0 Å². The van der Waals surface area contributed by atoms with E-state index in [0.717, 1.165) is 25.0 Å². The van der Waals surface area contributed by atoms with Crippen LogP contribution < -0.4 is 5.56 Å². The fourth-order valence-corrected chi connectivity index (χ4v) is 3.99. The standard InChI is InChI=1S/C20H24N2OS/c1-13(2)10-11-17(18-12-19(23)22-20(24)21-18)16-9-5-7-14-6-3-4-8-15(14)16/h3-4,6,8,10,12,16-17H,5,7,9,11H2,1-2H3,(H2,21,22,23,24). The van der Waals surface area contributed by atoms with E-state index in [4.69, 9.17) is 12.2 Å². The van der Waals surface area contributed by atoms with Crippen LogP contribution in [-0.4, -0.2) is 9.97 Å². The maximum atomic E-state index is 11.9. The minimum absolute atomic E-state index is 0.125. The van der Waals surface area contributed by atoms with Gasteiger partial charge in [-0.1, -0.05) is 35.9 Å². The van der Waals surface area contributed by atoms with E-state index in [-0.39, 0.29) is 11.5 Å². The number of fused-ring (bicyclic) bond motifs is 1. The van der Waals surface area contributed by atoms with Crippen LogP contribution in [0.15, 0.2) is 46.8 Å². The lowest BCUT2D eigenvalue weighted by molar-refractivity contribution is 0.458. The van der Waals surface area contributed by atoms with Crippen LogP contribution in [0, 0.1) is 4.77 Å². The summed E-state index contributed by atoms with van der Waals surface area (Å²) < 4.78 is 0.406. The summed E-state index contributed by atoms with van der Waals surface area (Å²) in [6.45, 7) is 4.23. The highest BCUT2D eigenvalue weighted by Crippen LogP contribution is 2.42. The Morgan fingerprint density at radius 2 is 2.12 bits per heavy atom. The van der Waals surface area contributed by atoms with Crippen molar-refractivity contribution in [3.05, 3.63) is 73.9 Å². The topological polar surface area (TPSA) is 48.6 Å². The van der Waals surface area contributed by atoms with Crippen molar-refractivity contribution in [1.82, 2.24) is 9.97 Å². The average Bonchev–Trinajstić information content (AvgIpc) is 2.54. The Kier molecular flexibility index (Phi) is 5.14. The Morgan fingerprint density at radius 3 is 2.88 bits per heavy atom. The first kappa shape index (κ1) is 16.9. The molecule has 4 heteroatoms. The lowest BCUT2D eigenvalue weighted by Gasteiger charge is -2.32. The highest BCUT2D eigenvalue weighted by molar-refractivity contribution is 7.71. The van der Waals surface area contributed by atoms with Gasteiger partial charge in [-0.25, -0.2) is 0 Å². The number of rotatable bonds is 4. The molecule has 1 heterocycles. The van der Waals surface area contributed by atoms with Crippen LogP contribution in [0.4, 0.5) is 0 Å². The molecule has 2 atom stereocenters. The van der Waals surface area contributed by atoms with E-state index < -0.39 is 0 Å². The molecule has 3 nitrogen and oxygen atoms in total. The van der Waals surface area contributed by atoms with Crippen molar-refractivity contribution in [3.63, 3.8) is 0 Å². The molecule has 24 heavy (non-hydrogen) atoms. The van der Waals surface area contributed by atoms with Gasteiger partial charge in [-0.05, 0) is 68.8 Å². The molecule has 3 rings (SSSR count). The fraction of sp³-hybridized carbons (Fsp3) is 0.400. The van der Waals surface area contributed by atoms with Crippen molar-refractivity contribution in [2.45, 2.75) is 51.4 Å². The second kappa shape index (κ2) is 7.31. The Bertz CT molecular complexity index is 830. The second-order valence-corrected chi connectivity index (χ2v) is 7.27. The van der Waals surface area contributed by atoms with Crippen LogP contribution in [0.2, 0.25) is 0 Å². The average molecular weight is 340 g/mol. The Morgan fingerprint density at radius 1 is 1.33 bits per heavy atom. The van der Waals surface area contributed by atoms with Crippen molar-refractivity contribution < 1.29 is 0 Å². The van der Waals surface area contributed by atoms with E-state index in [9.17, 15) is 4.79 Å². The first-order valence-electron chi connectivity index (χ1n) is 8.59. The lowest BCUT2D eigenvalue weighted by Crippen LogP contribution is -2.20. The molecule has 0 spiro atoms. The van der Waals surface area contributed by atoms with E-state index >= 15 is 0 Å². The minimum Gasteiger partial charge on any atom is -0.336 e. The number of aromatic amines is 2. The Balaban J connectivity index is 2.07. The number of aryl methyl sites for hydroxylation is 1. The zero-order chi connectivity index (χ0) is 17.1. The van der Waals surface area contributed by atoms with E-state index in [1.54, 1.807) is 6.07 Å². The maximum Gasteiger partial charge on any atom is 0.251 e. The van der Waals surface area contributed by atoms with Gasteiger partial charge in [0.05, 0.1) is 0 Å². The first-order valence-corrected chi connectivity index (χ1v) is 9.00. The van der Waals surface area contributed by atoms with Crippen LogP contribution in [0.3, 0.4) is 0 Å². The summed E-state index contributed by atoms with van der Waals surface area (Å²) >= 11 is 5.19. The molecule has 0 amide bonds. The smallest absolute Gasteiger partial charge is 0.251 e. The molecule has 2 unspecified atom stereocenters. The summed E-state index contributed by atoms with van der Waals surface area (Å²) in [6.07, 6.45) is 6.66. The van der Waals surface area contributed by atoms with Gasteiger partial charge in [-0.2, -0.15) is 0 Å². The number of benzene rings is 1. The third-order valence-corrected chi connectivity index (χ3v) is 5.07. The van der Waals surface area contributed by atoms with E-state index in [1.807, 2.05) is 0 Å². The van der Waals surface area contributed by atoms with Gasteiger partial charge >= 0.3 is 0 Å². The zero-order valence-corrected chi connectivity index (χ0v) is 15.1. The molecule has 2 N–H and O–H groups in total. The highest BCUT2D eigenvalue weighted by Gasteiger charge is 2.29. The summed E-state index contributed by atoms with van der Waals surface area (Å²) in [6, 6.07) is 10.4. The van der Waals surface area contributed by atoms with Gasteiger partial charge in [-0.15, -0.1) is 0 Å². The molecule has 0 aliphatic heterocycles. The second-order valence-electron chi connectivity index (χ2n) is 6.86. The Hall–Kier alpha value is -1.94. The molecule has 0 bridgehead atoms. The van der Waals surface area contributed by atoms with E-state index in [0.29, 0.717) is 10.7 Å².